The smallest absolute Gasteiger partial charge is 0.262 e. The van der Waals surface area contributed by atoms with Crippen LogP contribution >= 0.6 is 11.3 Å². The van der Waals surface area contributed by atoms with Crippen LogP contribution in [-0.2, 0) is 4.79 Å². The van der Waals surface area contributed by atoms with E-state index in [1.807, 2.05) is 11.5 Å². The molecule has 152 valence electrons. The zero-order valence-electron chi connectivity index (χ0n) is 17.2. The van der Waals surface area contributed by atoms with Crippen molar-refractivity contribution in [1.82, 2.24) is 19.8 Å². The average molecular weight is 403 g/mol. The van der Waals surface area contributed by atoms with Crippen LogP contribution < -0.4 is 10.9 Å². The van der Waals surface area contributed by atoms with Crippen LogP contribution in [0.4, 0.5) is 0 Å². The number of amides is 1. The molecular formula is C21H30N4O2S. The maximum atomic E-state index is 13.5. The minimum Gasteiger partial charge on any atom is -0.352 e. The number of aryl methyl sites for hydroxylation is 2. The van der Waals surface area contributed by atoms with Gasteiger partial charge in [-0.25, -0.2) is 4.98 Å². The predicted octanol–water partition coefficient (Wildman–Crippen LogP) is 3.11. The Hall–Kier alpha value is -1.73. The van der Waals surface area contributed by atoms with E-state index >= 15 is 0 Å². The lowest BCUT2D eigenvalue weighted by Gasteiger charge is -2.34. The molecule has 1 unspecified atom stereocenters. The zero-order chi connectivity index (χ0) is 20.0. The number of likely N-dealkylation sites (tertiary alicyclic amines) is 1. The van der Waals surface area contributed by atoms with E-state index in [0.717, 1.165) is 65.3 Å². The minimum atomic E-state index is 0.0730. The Morgan fingerprint density at radius 2 is 2.04 bits per heavy atom. The average Bonchev–Trinajstić information content (AvgIpc) is 3.39. The molecule has 2 aliphatic rings. The van der Waals surface area contributed by atoms with Crippen LogP contribution in [0.25, 0.3) is 10.2 Å². The van der Waals surface area contributed by atoms with E-state index < -0.39 is 0 Å². The second-order valence-corrected chi connectivity index (χ2v) is 9.84. The van der Waals surface area contributed by atoms with Gasteiger partial charge < -0.3 is 5.32 Å². The second kappa shape index (κ2) is 7.59. The van der Waals surface area contributed by atoms with Crippen molar-refractivity contribution >= 4 is 27.5 Å². The van der Waals surface area contributed by atoms with E-state index in [0.29, 0.717) is 12.6 Å². The van der Waals surface area contributed by atoms with Gasteiger partial charge in [0.05, 0.1) is 18.0 Å². The van der Waals surface area contributed by atoms with Gasteiger partial charge >= 0.3 is 0 Å². The van der Waals surface area contributed by atoms with Crippen molar-refractivity contribution in [3.8, 4) is 0 Å². The SMILES string of the molecule is Cc1sc2nc(C(C)C)n(C3CCCN(CC(=O)NC4CC4)C3)c(=O)c2c1C. The fourth-order valence-electron chi connectivity index (χ4n) is 4.17. The molecule has 1 saturated heterocycles. The number of hydrogen-bond acceptors (Lipinski definition) is 5. The fraction of sp³-hybridized carbons (Fsp3) is 0.667. The molecule has 0 spiro atoms. The molecule has 0 radical (unpaired) electrons. The van der Waals surface area contributed by atoms with Crippen molar-refractivity contribution in [1.29, 1.82) is 0 Å². The number of piperidine rings is 1. The largest absolute Gasteiger partial charge is 0.352 e. The summed E-state index contributed by atoms with van der Waals surface area (Å²) in [5, 5.41) is 3.84. The van der Waals surface area contributed by atoms with Gasteiger partial charge in [0, 0.05) is 23.4 Å². The summed E-state index contributed by atoms with van der Waals surface area (Å²) in [7, 11) is 0. The van der Waals surface area contributed by atoms with Gasteiger partial charge in [-0.2, -0.15) is 0 Å². The number of hydrogen-bond donors (Lipinski definition) is 1. The number of nitrogens with zero attached hydrogens (tertiary/aromatic N) is 3. The van der Waals surface area contributed by atoms with Crippen LogP contribution in [-0.4, -0.2) is 46.0 Å². The van der Waals surface area contributed by atoms with Gasteiger partial charge in [0.1, 0.15) is 10.7 Å². The van der Waals surface area contributed by atoms with Gasteiger partial charge in [-0.1, -0.05) is 13.8 Å². The van der Waals surface area contributed by atoms with Crippen molar-refractivity contribution < 1.29 is 4.79 Å². The van der Waals surface area contributed by atoms with E-state index in [2.05, 4.69) is 31.0 Å². The highest BCUT2D eigenvalue weighted by Crippen LogP contribution is 2.30. The molecule has 1 aliphatic heterocycles. The molecule has 28 heavy (non-hydrogen) atoms. The van der Waals surface area contributed by atoms with E-state index in [-0.39, 0.29) is 23.4 Å². The standard InChI is InChI=1S/C21H30N4O2S/c1-12(2)19-23-20-18(13(3)14(4)28-20)21(27)25(19)16-6-5-9-24(10-16)11-17(26)22-15-7-8-15/h12,15-16H,5-11H2,1-4H3,(H,22,26). The number of aromatic nitrogens is 2. The first-order valence-electron chi connectivity index (χ1n) is 10.4. The first-order chi connectivity index (χ1) is 13.3. The third kappa shape index (κ3) is 3.74. The van der Waals surface area contributed by atoms with E-state index in [4.69, 9.17) is 4.98 Å². The monoisotopic (exact) mass is 402 g/mol. The van der Waals surface area contributed by atoms with Crippen molar-refractivity contribution in [3.05, 3.63) is 26.6 Å². The summed E-state index contributed by atoms with van der Waals surface area (Å²) in [5.74, 6) is 1.15. The quantitative estimate of drug-likeness (QED) is 0.834. The maximum absolute atomic E-state index is 13.5. The molecule has 1 atom stereocenters. The van der Waals surface area contributed by atoms with Crippen molar-refractivity contribution in [2.75, 3.05) is 19.6 Å². The molecule has 2 aromatic rings. The minimum absolute atomic E-state index is 0.0730. The normalized spacial score (nSPS) is 20.8. The Balaban J connectivity index is 1.65. The molecule has 1 aliphatic carbocycles. The summed E-state index contributed by atoms with van der Waals surface area (Å²) < 4.78 is 1.94. The van der Waals surface area contributed by atoms with Crippen LogP contribution in [0.3, 0.4) is 0 Å². The molecule has 0 bridgehead atoms. The van der Waals surface area contributed by atoms with Crippen molar-refractivity contribution in [3.63, 3.8) is 0 Å². The number of fused-ring (bicyclic) bond motifs is 1. The zero-order valence-corrected chi connectivity index (χ0v) is 18.1. The Morgan fingerprint density at radius 1 is 1.29 bits per heavy atom. The van der Waals surface area contributed by atoms with Gasteiger partial charge in [-0.3, -0.25) is 19.1 Å². The number of thiophene rings is 1. The molecule has 1 amide bonds. The Labute approximate surface area is 169 Å². The van der Waals surface area contributed by atoms with Gasteiger partial charge in [-0.05, 0) is 51.6 Å². The van der Waals surface area contributed by atoms with Crippen LogP contribution in [0.5, 0.6) is 0 Å². The second-order valence-electron chi connectivity index (χ2n) is 8.64. The van der Waals surface area contributed by atoms with E-state index in [9.17, 15) is 9.59 Å². The summed E-state index contributed by atoms with van der Waals surface area (Å²) in [4.78, 5) is 34.9. The lowest BCUT2D eigenvalue weighted by molar-refractivity contribution is -0.122. The third-order valence-electron chi connectivity index (χ3n) is 5.93. The van der Waals surface area contributed by atoms with Gasteiger partial charge in [0.2, 0.25) is 5.91 Å². The van der Waals surface area contributed by atoms with E-state index in [1.54, 1.807) is 11.3 Å². The van der Waals surface area contributed by atoms with Crippen LogP contribution in [0.1, 0.15) is 67.8 Å². The van der Waals surface area contributed by atoms with Crippen molar-refractivity contribution in [2.24, 2.45) is 0 Å². The highest BCUT2D eigenvalue weighted by atomic mass is 32.1. The molecule has 6 nitrogen and oxygen atoms in total. The summed E-state index contributed by atoms with van der Waals surface area (Å²) in [6, 6.07) is 0.462. The Kier molecular flexibility index (Phi) is 5.31. The molecule has 2 fully saturated rings. The van der Waals surface area contributed by atoms with Crippen LogP contribution in [0.15, 0.2) is 4.79 Å². The number of carbonyl (C=O) groups is 1. The molecule has 3 heterocycles. The fourth-order valence-corrected chi connectivity index (χ4v) is 5.20. The van der Waals surface area contributed by atoms with Crippen molar-refractivity contribution in [2.45, 2.75) is 71.4 Å². The van der Waals surface area contributed by atoms with Gasteiger partial charge in [0.25, 0.3) is 5.56 Å². The molecule has 7 heteroatoms. The van der Waals surface area contributed by atoms with Crippen LogP contribution in [0, 0.1) is 13.8 Å². The highest BCUT2D eigenvalue weighted by Gasteiger charge is 2.29. The molecular weight excluding hydrogens is 372 g/mol. The van der Waals surface area contributed by atoms with E-state index in [1.165, 1.54) is 0 Å². The number of rotatable bonds is 5. The number of nitrogens with one attached hydrogen (secondary N) is 1. The molecule has 0 aromatic carbocycles. The first-order valence-corrected chi connectivity index (χ1v) is 11.2. The lowest BCUT2D eigenvalue weighted by atomic mass is 10.0. The highest BCUT2D eigenvalue weighted by molar-refractivity contribution is 7.18. The summed E-state index contributed by atoms with van der Waals surface area (Å²) in [5.41, 5.74) is 1.14. The Morgan fingerprint density at radius 3 is 2.71 bits per heavy atom. The third-order valence-corrected chi connectivity index (χ3v) is 7.04. The lowest BCUT2D eigenvalue weighted by Crippen LogP contribution is -2.45. The molecule has 1 N–H and O–H groups in total. The summed E-state index contributed by atoms with van der Waals surface area (Å²) in [6.45, 7) is 10.3. The molecule has 1 saturated carbocycles. The van der Waals surface area contributed by atoms with Crippen LogP contribution in [0.2, 0.25) is 0 Å². The molecule has 2 aromatic heterocycles. The predicted molar refractivity (Wildman–Crippen MR) is 113 cm³/mol. The maximum Gasteiger partial charge on any atom is 0.262 e. The van der Waals surface area contributed by atoms with Gasteiger partial charge in [0.15, 0.2) is 0 Å². The molecule has 4 rings (SSSR count). The topological polar surface area (TPSA) is 67.2 Å². The Bertz CT molecular complexity index is 957. The summed E-state index contributed by atoms with van der Waals surface area (Å²) in [6.07, 6.45) is 4.15. The number of carbonyl (C=O) groups excluding carboxylic acids is 1. The van der Waals surface area contributed by atoms with Gasteiger partial charge in [-0.15, -0.1) is 11.3 Å². The summed E-state index contributed by atoms with van der Waals surface area (Å²) >= 11 is 1.61. The first kappa shape index (κ1) is 19.6.